The number of aromatic amines is 1. The molecule has 0 aliphatic heterocycles. The number of H-pyrrole nitrogens is 1. The van der Waals surface area contributed by atoms with Gasteiger partial charge in [0, 0.05) is 30.4 Å². The molecule has 0 spiro atoms. The maximum Gasteiger partial charge on any atom is 0.433 e. The SMILES string of the molecule is CC(c1ccc(C(F)(F)F)nc1)n1nc(C#N)c2c(=O)[nH]c([C@@H]3CC[C@H]3c3ncc(Br)cn3)nc21. The van der Waals surface area contributed by atoms with Gasteiger partial charge < -0.3 is 4.98 Å². The second-order valence-corrected chi connectivity index (χ2v) is 9.17. The number of pyridine rings is 1. The fraction of sp³-hybridized carbons (Fsp3) is 0.318. The average Bonchev–Trinajstić information content (AvgIpc) is 3.18. The van der Waals surface area contributed by atoms with Crippen molar-refractivity contribution in [3.05, 3.63) is 74.1 Å². The van der Waals surface area contributed by atoms with Crippen molar-refractivity contribution in [1.29, 1.82) is 5.26 Å². The monoisotopic (exact) mass is 544 g/mol. The number of nitrogens with zero attached hydrogens (tertiary/aromatic N) is 7. The van der Waals surface area contributed by atoms with Crippen molar-refractivity contribution in [2.75, 3.05) is 0 Å². The first-order valence-corrected chi connectivity index (χ1v) is 11.4. The molecular formula is C22H16BrF3N8O. The minimum absolute atomic E-state index is 0.0266. The van der Waals surface area contributed by atoms with Crippen LogP contribution in [0.3, 0.4) is 0 Å². The smallest absolute Gasteiger partial charge is 0.310 e. The van der Waals surface area contributed by atoms with E-state index in [1.54, 1.807) is 19.3 Å². The van der Waals surface area contributed by atoms with E-state index in [1.807, 2.05) is 6.07 Å². The summed E-state index contributed by atoms with van der Waals surface area (Å²) in [5.74, 6) is 0.897. The molecule has 13 heteroatoms. The van der Waals surface area contributed by atoms with E-state index in [-0.39, 0.29) is 28.6 Å². The van der Waals surface area contributed by atoms with Crippen LogP contribution in [-0.2, 0) is 6.18 Å². The van der Waals surface area contributed by atoms with Gasteiger partial charge in [0.25, 0.3) is 5.56 Å². The Morgan fingerprint density at radius 1 is 1.17 bits per heavy atom. The summed E-state index contributed by atoms with van der Waals surface area (Å²) in [6.45, 7) is 1.68. The number of hydrogen-bond acceptors (Lipinski definition) is 7. The van der Waals surface area contributed by atoms with Crippen LogP contribution < -0.4 is 5.56 Å². The van der Waals surface area contributed by atoms with Gasteiger partial charge in [0.05, 0.1) is 10.5 Å². The molecule has 1 N–H and O–H groups in total. The van der Waals surface area contributed by atoms with Crippen LogP contribution >= 0.6 is 15.9 Å². The highest BCUT2D eigenvalue weighted by atomic mass is 79.9. The molecule has 4 aromatic heterocycles. The highest BCUT2D eigenvalue weighted by molar-refractivity contribution is 9.10. The number of alkyl halides is 3. The maximum absolute atomic E-state index is 13.0. The van der Waals surface area contributed by atoms with Gasteiger partial charge in [-0.15, -0.1) is 0 Å². The van der Waals surface area contributed by atoms with Gasteiger partial charge in [0.2, 0.25) is 0 Å². The van der Waals surface area contributed by atoms with E-state index in [9.17, 15) is 23.2 Å². The van der Waals surface area contributed by atoms with E-state index in [2.05, 4.69) is 45.9 Å². The van der Waals surface area contributed by atoms with Gasteiger partial charge in [-0.25, -0.2) is 19.6 Å². The molecule has 5 rings (SSSR count). The standard InChI is InChI=1S/C22H16BrF3N8O/c1-10(11-2-5-16(28-7-11)22(24,25)26)34-20-17(15(6-27)33-34)21(35)32-19(31-20)14-4-3-13(14)18-29-8-12(23)9-30-18/h2,5,7-10,13-14H,3-4H2,1H3,(H,31,32,35)/t10?,13-,14-/m1/s1. The van der Waals surface area contributed by atoms with E-state index >= 15 is 0 Å². The van der Waals surface area contributed by atoms with Crippen LogP contribution in [0.2, 0.25) is 0 Å². The van der Waals surface area contributed by atoms with Crippen molar-refractivity contribution in [2.45, 2.75) is 43.8 Å². The van der Waals surface area contributed by atoms with Crippen molar-refractivity contribution >= 4 is 27.0 Å². The van der Waals surface area contributed by atoms with Gasteiger partial charge in [-0.2, -0.15) is 23.5 Å². The molecule has 0 saturated heterocycles. The van der Waals surface area contributed by atoms with E-state index in [0.29, 0.717) is 17.2 Å². The summed E-state index contributed by atoms with van der Waals surface area (Å²) in [7, 11) is 0. The predicted molar refractivity (Wildman–Crippen MR) is 120 cm³/mol. The lowest BCUT2D eigenvalue weighted by Gasteiger charge is -2.34. The van der Waals surface area contributed by atoms with Gasteiger partial charge >= 0.3 is 6.18 Å². The number of halogens is 4. The molecule has 1 unspecified atom stereocenters. The van der Waals surface area contributed by atoms with Gasteiger partial charge in [-0.1, -0.05) is 6.07 Å². The van der Waals surface area contributed by atoms with E-state index in [0.717, 1.165) is 29.6 Å². The Labute approximate surface area is 204 Å². The summed E-state index contributed by atoms with van der Waals surface area (Å²) in [5.41, 5.74) is -1.05. The minimum Gasteiger partial charge on any atom is -0.310 e. The topological polar surface area (TPSA) is 126 Å². The molecule has 1 aliphatic rings. The molecule has 0 bridgehead atoms. The summed E-state index contributed by atoms with van der Waals surface area (Å²) < 4.78 is 40.8. The lowest BCUT2D eigenvalue weighted by molar-refractivity contribution is -0.141. The number of hydrogen-bond donors (Lipinski definition) is 1. The van der Waals surface area contributed by atoms with Crippen LogP contribution in [0.5, 0.6) is 0 Å². The highest BCUT2D eigenvalue weighted by Crippen LogP contribution is 2.46. The Morgan fingerprint density at radius 3 is 2.46 bits per heavy atom. The Hall–Kier alpha value is -3.66. The zero-order chi connectivity index (χ0) is 24.9. The third-order valence-corrected chi connectivity index (χ3v) is 6.62. The van der Waals surface area contributed by atoms with Crippen molar-refractivity contribution in [2.24, 2.45) is 0 Å². The molecular weight excluding hydrogens is 529 g/mol. The quantitative estimate of drug-likeness (QED) is 0.407. The van der Waals surface area contributed by atoms with Crippen LogP contribution in [0.1, 0.15) is 66.2 Å². The average molecular weight is 545 g/mol. The van der Waals surface area contributed by atoms with Crippen LogP contribution in [0, 0.1) is 11.3 Å². The highest BCUT2D eigenvalue weighted by Gasteiger charge is 2.38. The Morgan fingerprint density at radius 2 is 1.89 bits per heavy atom. The van der Waals surface area contributed by atoms with Gasteiger partial charge in [0.1, 0.15) is 28.8 Å². The van der Waals surface area contributed by atoms with Crippen LogP contribution in [0.25, 0.3) is 11.0 Å². The molecule has 1 fully saturated rings. The van der Waals surface area contributed by atoms with Crippen LogP contribution in [0.15, 0.2) is 40.0 Å². The Bertz CT molecular complexity index is 1510. The molecule has 178 valence electrons. The first-order valence-electron chi connectivity index (χ1n) is 10.6. The molecule has 1 aliphatic carbocycles. The molecule has 0 aromatic carbocycles. The maximum atomic E-state index is 13.0. The van der Waals surface area contributed by atoms with Crippen LogP contribution in [-0.4, -0.2) is 34.7 Å². The molecule has 4 heterocycles. The second kappa shape index (κ2) is 8.53. The summed E-state index contributed by atoms with van der Waals surface area (Å²) in [5, 5.41) is 13.8. The van der Waals surface area contributed by atoms with Gasteiger partial charge in [0.15, 0.2) is 11.3 Å². The molecule has 0 radical (unpaired) electrons. The molecule has 0 amide bonds. The lowest BCUT2D eigenvalue weighted by Crippen LogP contribution is -2.28. The first kappa shape index (κ1) is 23.1. The van der Waals surface area contributed by atoms with Crippen LogP contribution in [0.4, 0.5) is 13.2 Å². The molecule has 4 aromatic rings. The third kappa shape index (κ3) is 4.07. The summed E-state index contributed by atoms with van der Waals surface area (Å²) in [6, 6.07) is 3.44. The van der Waals surface area contributed by atoms with E-state index in [1.165, 1.54) is 10.7 Å². The number of fused-ring (bicyclic) bond motifs is 1. The lowest BCUT2D eigenvalue weighted by atomic mass is 9.72. The Balaban J connectivity index is 1.56. The number of nitrogens with one attached hydrogen (secondary N) is 1. The van der Waals surface area contributed by atoms with E-state index < -0.39 is 23.5 Å². The number of aromatic nitrogens is 7. The zero-order valence-electron chi connectivity index (χ0n) is 18.1. The summed E-state index contributed by atoms with van der Waals surface area (Å²) in [4.78, 5) is 32.6. The number of nitriles is 1. The van der Waals surface area contributed by atoms with Gasteiger partial charge in [-0.3, -0.25) is 9.78 Å². The first-order chi connectivity index (χ1) is 16.7. The third-order valence-electron chi connectivity index (χ3n) is 6.21. The van der Waals surface area contributed by atoms with Crippen molar-refractivity contribution in [3.8, 4) is 6.07 Å². The minimum atomic E-state index is -4.56. The molecule has 9 nitrogen and oxygen atoms in total. The molecule has 1 saturated carbocycles. The Kier molecular flexibility index (Phi) is 5.63. The van der Waals surface area contributed by atoms with Crippen molar-refractivity contribution < 1.29 is 13.2 Å². The van der Waals surface area contributed by atoms with Crippen molar-refractivity contribution in [3.63, 3.8) is 0 Å². The second-order valence-electron chi connectivity index (χ2n) is 8.26. The summed E-state index contributed by atoms with van der Waals surface area (Å²) in [6.07, 6.45) is 1.44. The van der Waals surface area contributed by atoms with E-state index in [4.69, 9.17) is 0 Å². The number of rotatable bonds is 4. The summed E-state index contributed by atoms with van der Waals surface area (Å²) >= 11 is 3.31. The molecule has 3 atom stereocenters. The molecule has 35 heavy (non-hydrogen) atoms. The fourth-order valence-corrected chi connectivity index (χ4v) is 4.40. The normalized spacial score (nSPS) is 18.7. The largest absolute Gasteiger partial charge is 0.433 e. The zero-order valence-corrected chi connectivity index (χ0v) is 19.7. The van der Waals surface area contributed by atoms with Crippen molar-refractivity contribution in [1.82, 2.24) is 34.7 Å². The fourth-order valence-electron chi connectivity index (χ4n) is 4.20. The predicted octanol–water partition coefficient (Wildman–Crippen LogP) is 4.23. The van der Waals surface area contributed by atoms with Gasteiger partial charge in [-0.05, 0) is 47.3 Å².